The average molecular weight is 166 g/mol. The highest BCUT2D eigenvalue weighted by Crippen LogP contribution is 2.03. The fraction of sp³-hybridized carbons (Fsp3) is 0.500. The van der Waals surface area contributed by atoms with Crippen molar-refractivity contribution >= 4 is 5.82 Å². The molecule has 0 bridgehead atoms. The quantitative estimate of drug-likeness (QED) is 0.730. The molecule has 0 aliphatic carbocycles. The Labute approximate surface area is 75.0 Å². The number of aryl methyl sites for hydroxylation is 1. The van der Waals surface area contributed by atoms with Crippen LogP contribution in [0.15, 0.2) is 18.3 Å². The molecule has 0 unspecified atom stereocenters. The first-order valence-corrected chi connectivity index (χ1v) is 4.49. The molecule has 0 atom stereocenters. The molecule has 1 aromatic rings. The second-order valence-corrected chi connectivity index (χ2v) is 2.25. The lowest BCUT2D eigenvalue weighted by atomic mass is 10.3. The fourth-order valence-corrected chi connectivity index (χ4v) is 0.814. The number of hydrogen-bond acceptors (Lipinski definition) is 2. The number of aromatic nitrogens is 1. The molecule has 0 saturated carbocycles. The van der Waals surface area contributed by atoms with E-state index in [4.69, 9.17) is 0 Å². The van der Waals surface area contributed by atoms with Gasteiger partial charge in [0.05, 0.1) is 0 Å². The van der Waals surface area contributed by atoms with Gasteiger partial charge in [0.1, 0.15) is 5.82 Å². The van der Waals surface area contributed by atoms with E-state index in [2.05, 4.69) is 24.1 Å². The fourth-order valence-electron chi connectivity index (χ4n) is 0.814. The van der Waals surface area contributed by atoms with Gasteiger partial charge in [0, 0.05) is 12.7 Å². The van der Waals surface area contributed by atoms with E-state index in [1.807, 2.05) is 32.2 Å². The molecule has 0 aliphatic rings. The monoisotopic (exact) mass is 166 g/mol. The number of rotatable bonds is 2. The molecule has 0 saturated heterocycles. The van der Waals surface area contributed by atoms with Gasteiger partial charge >= 0.3 is 0 Å². The molecule has 0 radical (unpaired) electrons. The maximum absolute atomic E-state index is 4.12. The Balaban J connectivity index is 0.000000561. The zero-order chi connectivity index (χ0) is 9.40. The van der Waals surface area contributed by atoms with Gasteiger partial charge in [0.25, 0.3) is 0 Å². The zero-order valence-corrected chi connectivity index (χ0v) is 8.39. The van der Waals surface area contributed by atoms with Gasteiger partial charge in [0.15, 0.2) is 0 Å². The minimum Gasteiger partial charge on any atom is -0.370 e. The molecule has 0 amide bonds. The van der Waals surface area contributed by atoms with Gasteiger partial charge in [-0.2, -0.15) is 0 Å². The van der Waals surface area contributed by atoms with Gasteiger partial charge in [-0.25, -0.2) is 4.98 Å². The largest absolute Gasteiger partial charge is 0.370 e. The van der Waals surface area contributed by atoms with Gasteiger partial charge in [-0.3, -0.25) is 0 Å². The van der Waals surface area contributed by atoms with E-state index in [-0.39, 0.29) is 0 Å². The predicted octanol–water partition coefficient (Wildman–Crippen LogP) is 2.85. The Hall–Kier alpha value is -1.05. The summed E-state index contributed by atoms with van der Waals surface area (Å²) >= 11 is 0. The van der Waals surface area contributed by atoms with E-state index in [1.54, 1.807) is 0 Å². The second-order valence-electron chi connectivity index (χ2n) is 2.25. The summed E-state index contributed by atoms with van der Waals surface area (Å²) in [6.45, 7) is 9.04. The standard InChI is InChI=1S/C8H12N2.C2H6/c1-3-9-8-6-7(2)4-5-10-8;1-2/h4-6H,3H2,1-2H3,(H,9,10);1-2H3. The number of anilines is 1. The minimum absolute atomic E-state index is 0.927. The first-order valence-electron chi connectivity index (χ1n) is 4.49. The summed E-state index contributed by atoms with van der Waals surface area (Å²) in [6.07, 6.45) is 1.81. The Morgan fingerprint density at radius 1 is 1.42 bits per heavy atom. The highest BCUT2D eigenvalue weighted by molar-refractivity contribution is 5.36. The maximum Gasteiger partial charge on any atom is 0.126 e. The van der Waals surface area contributed by atoms with Crippen molar-refractivity contribution in [1.82, 2.24) is 4.98 Å². The van der Waals surface area contributed by atoms with E-state index in [1.165, 1.54) is 5.56 Å². The van der Waals surface area contributed by atoms with Crippen molar-refractivity contribution in [2.24, 2.45) is 0 Å². The summed E-state index contributed by atoms with van der Waals surface area (Å²) in [5, 5.41) is 3.14. The molecule has 0 fully saturated rings. The van der Waals surface area contributed by atoms with Gasteiger partial charge in [-0.05, 0) is 31.5 Å². The van der Waals surface area contributed by atoms with Crippen molar-refractivity contribution in [2.45, 2.75) is 27.7 Å². The summed E-state index contributed by atoms with van der Waals surface area (Å²) < 4.78 is 0. The van der Waals surface area contributed by atoms with Crippen molar-refractivity contribution in [2.75, 3.05) is 11.9 Å². The van der Waals surface area contributed by atoms with Gasteiger partial charge in [-0.15, -0.1) is 0 Å². The van der Waals surface area contributed by atoms with Crippen molar-refractivity contribution < 1.29 is 0 Å². The molecule has 68 valence electrons. The van der Waals surface area contributed by atoms with Crippen molar-refractivity contribution in [1.29, 1.82) is 0 Å². The topological polar surface area (TPSA) is 24.9 Å². The van der Waals surface area contributed by atoms with Crippen LogP contribution in [0.25, 0.3) is 0 Å². The van der Waals surface area contributed by atoms with Crippen molar-refractivity contribution in [3.63, 3.8) is 0 Å². The van der Waals surface area contributed by atoms with E-state index < -0.39 is 0 Å². The van der Waals surface area contributed by atoms with Gasteiger partial charge in [-0.1, -0.05) is 13.8 Å². The van der Waals surface area contributed by atoms with Crippen LogP contribution in [0.3, 0.4) is 0 Å². The van der Waals surface area contributed by atoms with Crippen LogP contribution in [0.1, 0.15) is 26.3 Å². The Bertz CT molecular complexity index is 209. The normalized spacial score (nSPS) is 8.33. The van der Waals surface area contributed by atoms with E-state index >= 15 is 0 Å². The number of pyridine rings is 1. The van der Waals surface area contributed by atoms with E-state index in [0.29, 0.717) is 0 Å². The van der Waals surface area contributed by atoms with Crippen molar-refractivity contribution in [3.05, 3.63) is 23.9 Å². The smallest absolute Gasteiger partial charge is 0.126 e. The lowest BCUT2D eigenvalue weighted by molar-refractivity contribution is 1.15. The molecule has 12 heavy (non-hydrogen) atoms. The van der Waals surface area contributed by atoms with E-state index in [9.17, 15) is 0 Å². The Kier molecular flexibility index (Phi) is 6.07. The summed E-state index contributed by atoms with van der Waals surface area (Å²) in [7, 11) is 0. The van der Waals surface area contributed by atoms with Crippen molar-refractivity contribution in [3.8, 4) is 0 Å². The van der Waals surface area contributed by atoms with Crippen LogP contribution >= 0.6 is 0 Å². The molecular formula is C10H18N2. The molecule has 1 aromatic heterocycles. The minimum atomic E-state index is 0.927. The van der Waals surface area contributed by atoms with Crippen LogP contribution in [0.4, 0.5) is 5.82 Å². The summed E-state index contributed by atoms with van der Waals surface area (Å²) in [4.78, 5) is 4.12. The molecular weight excluding hydrogens is 148 g/mol. The number of nitrogens with one attached hydrogen (secondary N) is 1. The number of hydrogen-bond donors (Lipinski definition) is 1. The highest BCUT2D eigenvalue weighted by atomic mass is 15.0. The van der Waals surface area contributed by atoms with Crippen LogP contribution in [-0.4, -0.2) is 11.5 Å². The summed E-state index contributed by atoms with van der Waals surface area (Å²) in [6, 6.07) is 4.02. The zero-order valence-electron chi connectivity index (χ0n) is 8.39. The third-order valence-electron chi connectivity index (χ3n) is 1.27. The molecule has 0 aromatic carbocycles. The summed E-state index contributed by atoms with van der Waals surface area (Å²) in [5.74, 6) is 0.961. The van der Waals surface area contributed by atoms with Crippen LogP contribution in [0.2, 0.25) is 0 Å². The predicted molar refractivity (Wildman–Crippen MR) is 54.5 cm³/mol. The Morgan fingerprint density at radius 2 is 2.08 bits per heavy atom. The highest BCUT2D eigenvalue weighted by Gasteiger charge is 1.88. The SMILES string of the molecule is CC.CCNc1cc(C)ccn1. The summed E-state index contributed by atoms with van der Waals surface area (Å²) in [5.41, 5.74) is 1.24. The van der Waals surface area contributed by atoms with Gasteiger partial charge < -0.3 is 5.32 Å². The first-order chi connectivity index (χ1) is 5.83. The molecule has 2 nitrogen and oxygen atoms in total. The molecule has 2 heteroatoms. The lowest BCUT2D eigenvalue weighted by Gasteiger charge is -2.00. The Morgan fingerprint density at radius 3 is 2.58 bits per heavy atom. The van der Waals surface area contributed by atoms with Crippen LogP contribution in [0.5, 0.6) is 0 Å². The first kappa shape index (κ1) is 11.0. The maximum atomic E-state index is 4.12. The van der Waals surface area contributed by atoms with E-state index in [0.717, 1.165) is 12.4 Å². The lowest BCUT2D eigenvalue weighted by Crippen LogP contribution is -1.98. The van der Waals surface area contributed by atoms with Crippen LogP contribution in [-0.2, 0) is 0 Å². The third-order valence-corrected chi connectivity index (χ3v) is 1.27. The molecule has 0 aliphatic heterocycles. The molecule has 1 heterocycles. The molecule has 0 spiro atoms. The average Bonchev–Trinajstić information content (AvgIpc) is 2.09. The van der Waals surface area contributed by atoms with Gasteiger partial charge in [0.2, 0.25) is 0 Å². The third kappa shape index (κ3) is 3.96. The second kappa shape index (κ2) is 6.65. The van der Waals surface area contributed by atoms with Crippen LogP contribution in [0, 0.1) is 6.92 Å². The number of nitrogens with zero attached hydrogens (tertiary/aromatic N) is 1. The van der Waals surface area contributed by atoms with Crippen LogP contribution < -0.4 is 5.32 Å². The molecule has 1 rings (SSSR count). The molecule has 1 N–H and O–H groups in total.